The van der Waals surface area contributed by atoms with Crippen LogP contribution in [-0.2, 0) is 0 Å². The van der Waals surface area contributed by atoms with Crippen molar-refractivity contribution < 1.29 is 4.92 Å². The van der Waals surface area contributed by atoms with Crippen molar-refractivity contribution in [2.24, 2.45) is 11.3 Å². The van der Waals surface area contributed by atoms with Crippen molar-refractivity contribution in [3.05, 3.63) is 32.3 Å². The number of nitrogens with one attached hydrogen (secondary N) is 1. The van der Waals surface area contributed by atoms with Crippen molar-refractivity contribution in [3.8, 4) is 0 Å². The van der Waals surface area contributed by atoms with Crippen LogP contribution in [0.15, 0.2) is 16.6 Å². The van der Waals surface area contributed by atoms with Gasteiger partial charge in [0.1, 0.15) is 0 Å². The molecule has 5 heteroatoms. The smallest absolute Gasteiger partial charge is 0.273 e. The van der Waals surface area contributed by atoms with Crippen molar-refractivity contribution in [3.63, 3.8) is 0 Å². The van der Waals surface area contributed by atoms with Crippen molar-refractivity contribution in [1.82, 2.24) is 0 Å². The predicted molar refractivity (Wildman–Crippen MR) is 82.6 cm³/mol. The molecule has 0 aliphatic carbocycles. The summed E-state index contributed by atoms with van der Waals surface area (Å²) in [4.78, 5) is 10.5. The lowest BCUT2D eigenvalue weighted by molar-refractivity contribution is -0.385. The highest BCUT2D eigenvalue weighted by Gasteiger charge is 2.20. The van der Waals surface area contributed by atoms with Gasteiger partial charge in [0.05, 0.1) is 4.92 Å². The topological polar surface area (TPSA) is 55.2 Å². The minimum Gasteiger partial charge on any atom is -0.384 e. The quantitative estimate of drug-likeness (QED) is 0.640. The second-order valence-electron chi connectivity index (χ2n) is 6.02. The number of benzene rings is 1. The molecule has 1 unspecified atom stereocenters. The Balaban J connectivity index is 2.86. The van der Waals surface area contributed by atoms with Gasteiger partial charge in [-0.05, 0) is 40.3 Å². The Morgan fingerprint density at radius 2 is 2.00 bits per heavy atom. The molecule has 1 aromatic rings. The summed E-state index contributed by atoms with van der Waals surface area (Å²) in [5, 5.41) is 14.2. The Kier molecular flexibility index (Phi) is 4.96. The number of nitro groups is 1. The van der Waals surface area contributed by atoms with E-state index in [1.807, 2.05) is 6.07 Å². The maximum Gasteiger partial charge on any atom is 0.273 e. The Labute approximate surface area is 122 Å². The summed E-state index contributed by atoms with van der Waals surface area (Å²) in [6.45, 7) is 11.4. The molecule has 19 heavy (non-hydrogen) atoms. The largest absolute Gasteiger partial charge is 0.384 e. The van der Waals surface area contributed by atoms with Crippen molar-refractivity contribution in [2.45, 2.75) is 34.6 Å². The predicted octanol–water partition coefficient (Wildman–Crippen LogP) is 4.76. The van der Waals surface area contributed by atoms with Crippen LogP contribution in [-0.4, -0.2) is 11.5 Å². The molecular weight excluding hydrogens is 308 g/mol. The van der Waals surface area contributed by atoms with Crippen LogP contribution < -0.4 is 5.32 Å². The van der Waals surface area contributed by atoms with Gasteiger partial charge in [0, 0.05) is 28.3 Å². The van der Waals surface area contributed by atoms with Crippen molar-refractivity contribution in [1.29, 1.82) is 0 Å². The molecule has 1 rings (SSSR count). The molecule has 0 aromatic heterocycles. The van der Waals surface area contributed by atoms with Crippen LogP contribution in [0.5, 0.6) is 0 Å². The highest BCUT2D eigenvalue weighted by molar-refractivity contribution is 9.10. The van der Waals surface area contributed by atoms with Crippen molar-refractivity contribution in [2.75, 3.05) is 11.9 Å². The molecule has 1 aromatic carbocycles. The lowest BCUT2D eigenvalue weighted by Gasteiger charge is -2.28. The van der Waals surface area contributed by atoms with E-state index >= 15 is 0 Å². The van der Waals surface area contributed by atoms with E-state index in [0.717, 1.165) is 16.7 Å². The molecule has 0 spiro atoms. The summed E-state index contributed by atoms with van der Waals surface area (Å²) < 4.78 is 0.728. The number of aryl methyl sites for hydroxylation is 1. The molecular formula is C14H21BrN2O2. The van der Waals surface area contributed by atoms with Crippen LogP contribution in [0.1, 0.15) is 33.3 Å². The first-order valence-electron chi connectivity index (χ1n) is 6.31. The first-order chi connectivity index (χ1) is 8.62. The van der Waals surface area contributed by atoms with E-state index in [1.165, 1.54) is 0 Å². The van der Waals surface area contributed by atoms with Crippen LogP contribution in [0.25, 0.3) is 0 Å². The highest BCUT2D eigenvalue weighted by Crippen LogP contribution is 2.32. The van der Waals surface area contributed by atoms with Gasteiger partial charge >= 0.3 is 0 Å². The van der Waals surface area contributed by atoms with Gasteiger partial charge in [0.25, 0.3) is 5.69 Å². The van der Waals surface area contributed by atoms with Gasteiger partial charge in [0.15, 0.2) is 0 Å². The molecule has 106 valence electrons. The zero-order valence-corrected chi connectivity index (χ0v) is 13.7. The van der Waals surface area contributed by atoms with Crippen LogP contribution in [0.4, 0.5) is 11.4 Å². The molecule has 1 N–H and O–H groups in total. The van der Waals surface area contributed by atoms with E-state index in [1.54, 1.807) is 13.0 Å². The Morgan fingerprint density at radius 1 is 1.42 bits per heavy atom. The van der Waals surface area contributed by atoms with Crippen molar-refractivity contribution >= 4 is 27.3 Å². The standard InChI is InChI=1S/C14H21BrN2O2/c1-9-6-12(11(15)7-13(9)17(18)19)16-8-10(2)14(3,4)5/h6-7,10,16H,8H2,1-5H3. The van der Waals surface area contributed by atoms with Gasteiger partial charge in [-0.3, -0.25) is 10.1 Å². The molecule has 0 aliphatic heterocycles. The average molecular weight is 329 g/mol. The Bertz CT molecular complexity index is 481. The summed E-state index contributed by atoms with van der Waals surface area (Å²) in [7, 11) is 0. The van der Waals surface area contributed by atoms with Gasteiger partial charge in [-0.25, -0.2) is 0 Å². The molecule has 0 saturated carbocycles. The lowest BCUT2D eigenvalue weighted by Crippen LogP contribution is -2.24. The van der Waals surface area contributed by atoms with E-state index in [9.17, 15) is 10.1 Å². The van der Waals surface area contributed by atoms with Crippen LogP contribution >= 0.6 is 15.9 Å². The number of rotatable bonds is 4. The van der Waals surface area contributed by atoms with Gasteiger partial charge in [-0.15, -0.1) is 0 Å². The Morgan fingerprint density at radius 3 is 2.47 bits per heavy atom. The van der Waals surface area contributed by atoms with Gasteiger partial charge in [-0.1, -0.05) is 27.7 Å². The number of hydrogen-bond acceptors (Lipinski definition) is 3. The maximum atomic E-state index is 10.8. The number of hydrogen-bond donors (Lipinski definition) is 1. The molecule has 1 atom stereocenters. The highest BCUT2D eigenvalue weighted by atomic mass is 79.9. The summed E-state index contributed by atoms with van der Waals surface area (Å²) in [6, 6.07) is 3.37. The molecule has 0 radical (unpaired) electrons. The van der Waals surface area contributed by atoms with E-state index in [0.29, 0.717) is 11.5 Å². The molecule has 0 heterocycles. The number of anilines is 1. The normalized spacial score (nSPS) is 13.2. The molecule has 0 fully saturated rings. The van der Waals surface area contributed by atoms with E-state index in [-0.39, 0.29) is 16.0 Å². The molecule has 0 saturated heterocycles. The zero-order valence-electron chi connectivity index (χ0n) is 12.1. The van der Waals surface area contributed by atoms with E-state index < -0.39 is 0 Å². The molecule has 0 aliphatic rings. The third-order valence-electron chi connectivity index (χ3n) is 3.56. The second kappa shape index (κ2) is 5.90. The fourth-order valence-electron chi connectivity index (χ4n) is 1.57. The van der Waals surface area contributed by atoms with Crippen LogP contribution in [0.3, 0.4) is 0 Å². The number of nitrogens with zero attached hydrogens (tertiary/aromatic N) is 1. The lowest BCUT2D eigenvalue weighted by atomic mass is 9.82. The fourth-order valence-corrected chi connectivity index (χ4v) is 2.04. The third kappa shape index (κ3) is 4.20. The number of halogens is 1. The molecule has 0 bridgehead atoms. The minimum atomic E-state index is -0.359. The van der Waals surface area contributed by atoms with Crippen LogP contribution in [0, 0.1) is 28.4 Å². The molecule has 0 amide bonds. The van der Waals surface area contributed by atoms with Gasteiger partial charge < -0.3 is 5.32 Å². The first-order valence-corrected chi connectivity index (χ1v) is 7.10. The number of nitro benzene ring substituents is 1. The third-order valence-corrected chi connectivity index (χ3v) is 4.22. The fraction of sp³-hybridized carbons (Fsp3) is 0.571. The van der Waals surface area contributed by atoms with E-state index in [4.69, 9.17) is 0 Å². The van der Waals surface area contributed by atoms with Gasteiger partial charge in [0.2, 0.25) is 0 Å². The first kappa shape index (κ1) is 16.0. The maximum absolute atomic E-state index is 10.8. The minimum absolute atomic E-state index is 0.140. The second-order valence-corrected chi connectivity index (χ2v) is 6.88. The van der Waals surface area contributed by atoms with Gasteiger partial charge in [-0.2, -0.15) is 0 Å². The monoisotopic (exact) mass is 328 g/mol. The SMILES string of the molecule is Cc1cc(NCC(C)C(C)(C)C)c(Br)cc1[N+](=O)[O-]. The summed E-state index contributed by atoms with van der Waals surface area (Å²) in [6.07, 6.45) is 0. The Hall–Kier alpha value is -1.10. The zero-order chi connectivity index (χ0) is 14.8. The summed E-state index contributed by atoms with van der Waals surface area (Å²) >= 11 is 3.38. The average Bonchev–Trinajstić information content (AvgIpc) is 2.27. The molecule has 4 nitrogen and oxygen atoms in total. The summed E-state index contributed by atoms with van der Waals surface area (Å²) in [5.74, 6) is 0.495. The van der Waals surface area contributed by atoms with E-state index in [2.05, 4.69) is 48.9 Å². The summed E-state index contributed by atoms with van der Waals surface area (Å²) in [5.41, 5.74) is 1.94. The van der Waals surface area contributed by atoms with Crippen LogP contribution in [0.2, 0.25) is 0 Å².